The van der Waals surface area contributed by atoms with E-state index >= 15 is 0 Å². The van der Waals surface area contributed by atoms with Crippen molar-refractivity contribution in [2.24, 2.45) is 0 Å². The number of cyclic esters (lactones) is 1. The first-order valence-electron chi connectivity index (χ1n) is 4.17. The number of hydrogen-bond acceptors (Lipinski definition) is 2. The van der Waals surface area contributed by atoms with Crippen LogP contribution in [0.5, 0.6) is 0 Å². The molecule has 0 saturated carbocycles. The molecule has 1 aliphatic rings. The lowest BCUT2D eigenvalue weighted by Crippen LogP contribution is -2.15. The molecule has 0 spiro atoms. The monoisotopic (exact) mass is 179 g/mol. The van der Waals surface area contributed by atoms with E-state index in [4.69, 9.17) is 4.74 Å². The Kier molecular flexibility index (Phi) is 3.31. The van der Waals surface area contributed by atoms with Crippen molar-refractivity contribution in [1.82, 2.24) is 5.32 Å². The number of rotatable bonds is 3. The Morgan fingerprint density at radius 1 is 1.77 bits per heavy atom. The third-order valence-electron chi connectivity index (χ3n) is 1.77. The molecule has 0 radical (unpaired) electrons. The highest BCUT2D eigenvalue weighted by atomic mass is 16.6. The van der Waals surface area contributed by atoms with E-state index in [1.165, 1.54) is 0 Å². The number of nitrogens with one attached hydrogen (secondary N) is 1. The van der Waals surface area contributed by atoms with Gasteiger partial charge < -0.3 is 10.1 Å². The lowest BCUT2D eigenvalue weighted by atomic mass is 10.1. The smallest absolute Gasteiger partial charge is 0.407 e. The molecule has 1 rings (SSSR count). The van der Waals surface area contributed by atoms with Crippen LogP contribution in [0.1, 0.15) is 6.92 Å². The Hall–Kier alpha value is -1.51. The third kappa shape index (κ3) is 2.47. The third-order valence-corrected chi connectivity index (χ3v) is 1.77. The Labute approximate surface area is 77.8 Å². The Balaban J connectivity index is 2.67. The number of carbonyl (C=O) groups excluding carboxylic acids is 1. The minimum absolute atomic E-state index is 0.193. The predicted molar refractivity (Wildman–Crippen MR) is 51.4 cm³/mol. The van der Waals surface area contributed by atoms with Gasteiger partial charge in [-0.1, -0.05) is 30.9 Å². The maximum Gasteiger partial charge on any atom is 0.407 e. The van der Waals surface area contributed by atoms with Crippen LogP contribution in [0.3, 0.4) is 0 Å². The lowest BCUT2D eigenvalue weighted by molar-refractivity contribution is 0.155. The van der Waals surface area contributed by atoms with Crippen LogP contribution in [0.15, 0.2) is 36.5 Å². The molecule has 1 fully saturated rings. The maximum atomic E-state index is 10.7. The van der Waals surface area contributed by atoms with Crippen molar-refractivity contribution in [3.63, 3.8) is 0 Å². The molecule has 3 heteroatoms. The molecule has 1 aliphatic heterocycles. The molecule has 0 aromatic rings. The van der Waals surface area contributed by atoms with E-state index in [-0.39, 0.29) is 12.2 Å². The zero-order valence-electron chi connectivity index (χ0n) is 7.62. The minimum atomic E-state index is -0.363. The Bertz CT molecular complexity index is 266. The van der Waals surface area contributed by atoms with Crippen LogP contribution >= 0.6 is 0 Å². The van der Waals surface area contributed by atoms with Crippen molar-refractivity contribution < 1.29 is 9.53 Å². The van der Waals surface area contributed by atoms with Crippen LogP contribution in [0, 0.1) is 0 Å². The Morgan fingerprint density at radius 2 is 2.54 bits per heavy atom. The van der Waals surface area contributed by atoms with Gasteiger partial charge in [0.2, 0.25) is 0 Å². The fraction of sp³-hybridized carbons (Fsp3) is 0.300. The molecule has 1 heterocycles. The molecule has 3 nitrogen and oxygen atoms in total. The largest absolute Gasteiger partial charge is 0.439 e. The van der Waals surface area contributed by atoms with Crippen molar-refractivity contribution in [2.45, 2.75) is 13.0 Å². The summed E-state index contributed by atoms with van der Waals surface area (Å²) in [5.41, 5.74) is 0.913. The summed E-state index contributed by atoms with van der Waals surface area (Å²) in [6.07, 6.45) is 6.83. The summed E-state index contributed by atoms with van der Waals surface area (Å²) >= 11 is 0. The SMILES string of the molecule is C=C/C(=C\C=C/C)C1CNC(=O)O1. The molecule has 0 bridgehead atoms. The number of alkyl carbamates (subject to hydrolysis) is 1. The van der Waals surface area contributed by atoms with E-state index in [0.717, 1.165) is 5.57 Å². The predicted octanol–water partition coefficient (Wildman–Crippen LogP) is 1.78. The van der Waals surface area contributed by atoms with Gasteiger partial charge in [-0.3, -0.25) is 0 Å². The maximum absolute atomic E-state index is 10.7. The summed E-state index contributed by atoms with van der Waals surface area (Å²) < 4.78 is 4.99. The van der Waals surface area contributed by atoms with Gasteiger partial charge in [0.25, 0.3) is 0 Å². The lowest BCUT2D eigenvalue weighted by Gasteiger charge is -2.07. The number of carbonyl (C=O) groups is 1. The average molecular weight is 179 g/mol. The summed E-state index contributed by atoms with van der Waals surface area (Å²) in [6.45, 7) is 6.11. The second-order valence-electron chi connectivity index (χ2n) is 2.67. The van der Waals surface area contributed by atoms with E-state index in [2.05, 4.69) is 11.9 Å². The van der Waals surface area contributed by atoms with Gasteiger partial charge in [-0.2, -0.15) is 0 Å². The zero-order valence-corrected chi connectivity index (χ0v) is 7.62. The average Bonchev–Trinajstić information content (AvgIpc) is 2.54. The van der Waals surface area contributed by atoms with Crippen molar-refractivity contribution in [3.8, 4) is 0 Å². The fourth-order valence-corrected chi connectivity index (χ4v) is 1.09. The first-order chi connectivity index (χ1) is 6.27. The molecule has 70 valence electrons. The van der Waals surface area contributed by atoms with Crippen molar-refractivity contribution >= 4 is 6.09 Å². The second kappa shape index (κ2) is 4.50. The molecule has 1 atom stereocenters. The molecule has 13 heavy (non-hydrogen) atoms. The molecule has 1 amide bonds. The van der Waals surface area contributed by atoms with Crippen LogP contribution in [0.4, 0.5) is 4.79 Å². The first-order valence-corrected chi connectivity index (χ1v) is 4.17. The van der Waals surface area contributed by atoms with Crippen LogP contribution in [-0.2, 0) is 4.74 Å². The number of hydrogen-bond donors (Lipinski definition) is 1. The molecule has 0 aromatic heterocycles. The van der Waals surface area contributed by atoms with Crippen molar-refractivity contribution in [3.05, 3.63) is 36.5 Å². The quantitative estimate of drug-likeness (QED) is 0.671. The van der Waals surface area contributed by atoms with Gasteiger partial charge in [-0.15, -0.1) is 0 Å². The summed E-state index contributed by atoms with van der Waals surface area (Å²) in [4.78, 5) is 10.7. The highest BCUT2D eigenvalue weighted by Crippen LogP contribution is 2.12. The molecular weight excluding hydrogens is 166 g/mol. The summed E-state index contributed by atoms with van der Waals surface area (Å²) in [7, 11) is 0. The van der Waals surface area contributed by atoms with Crippen LogP contribution in [-0.4, -0.2) is 18.7 Å². The highest BCUT2D eigenvalue weighted by molar-refractivity contribution is 5.70. The minimum Gasteiger partial charge on any atom is -0.439 e. The standard InChI is InChI=1S/C10H13NO2/c1-3-5-6-8(4-2)9-7-11-10(12)13-9/h3-6,9H,2,7H2,1H3,(H,11,12)/b5-3-,8-6+. The van der Waals surface area contributed by atoms with Gasteiger partial charge in [-0.25, -0.2) is 4.79 Å². The zero-order chi connectivity index (χ0) is 9.68. The number of allylic oxidation sites excluding steroid dienone is 3. The second-order valence-corrected chi connectivity index (χ2v) is 2.67. The topological polar surface area (TPSA) is 38.3 Å². The van der Waals surface area contributed by atoms with Crippen LogP contribution < -0.4 is 5.32 Å². The molecule has 0 aromatic carbocycles. The Morgan fingerprint density at radius 3 is 3.00 bits per heavy atom. The number of amides is 1. The van der Waals surface area contributed by atoms with Gasteiger partial charge in [0.15, 0.2) is 0 Å². The van der Waals surface area contributed by atoms with E-state index < -0.39 is 0 Å². The van der Waals surface area contributed by atoms with E-state index in [1.807, 2.05) is 25.2 Å². The van der Waals surface area contributed by atoms with Crippen molar-refractivity contribution in [2.75, 3.05) is 6.54 Å². The first kappa shape index (κ1) is 9.58. The fourth-order valence-electron chi connectivity index (χ4n) is 1.09. The van der Waals surface area contributed by atoms with Crippen molar-refractivity contribution in [1.29, 1.82) is 0 Å². The molecule has 1 unspecified atom stereocenters. The highest BCUT2D eigenvalue weighted by Gasteiger charge is 2.23. The normalized spacial score (nSPS) is 23.0. The van der Waals surface area contributed by atoms with E-state index in [9.17, 15) is 4.79 Å². The molecular formula is C10H13NO2. The van der Waals surface area contributed by atoms with Crippen LogP contribution in [0.2, 0.25) is 0 Å². The summed E-state index contributed by atoms with van der Waals surface area (Å²) in [6, 6.07) is 0. The van der Waals surface area contributed by atoms with Gasteiger partial charge in [0, 0.05) is 0 Å². The number of ether oxygens (including phenoxy) is 1. The van der Waals surface area contributed by atoms with Gasteiger partial charge in [-0.05, 0) is 12.5 Å². The van der Waals surface area contributed by atoms with Gasteiger partial charge in [0.1, 0.15) is 6.10 Å². The molecule has 1 N–H and O–H groups in total. The summed E-state index contributed by atoms with van der Waals surface area (Å²) in [5.74, 6) is 0. The van der Waals surface area contributed by atoms with E-state index in [1.54, 1.807) is 6.08 Å². The molecule has 0 aliphatic carbocycles. The van der Waals surface area contributed by atoms with Gasteiger partial charge >= 0.3 is 6.09 Å². The van der Waals surface area contributed by atoms with E-state index in [0.29, 0.717) is 6.54 Å². The molecule has 1 saturated heterocycles. The van der Waals surface area contributed by atoms with Gasteiger partial charge in [0.05, 0.1) is 6.54 Å². The van der Waals surface area contributed by atoms with Crippen LogP contribution in [0.25, 0.3) is 0 Å². The summed E-state index contributed by atoms with van der Waals surface area (Å²) in [5, 5.41) is 2.59.